The molecule has 1 heterocycles. The molecule has 0 aromatic heterocycles. The zero-order chi connectivity index (χ0) is 15.5. The molecular formula is C18H36N2O. The molecule has 21 heavy (non-hydrogen) atoms. The number of likely N-dealkylation sites (N-methyl/N-ethyl adjacent to an activating group) is 1. The summed E-state index contributed by atoms with van der Waals surface area (Å²) >= 11 is 0. The van der Waals surface area contributed by atoms with E-state index in [0.29, 0.717) is 23.6 Å². The standard InChI is InChI=1S/C18H36N2O/c1-14(2)19-12-18(9-6-15(3)7-10-18)13-20(5)17-8-11-21-16(17)4/h14-17,19H,6-13H2,1-5H3. The molecule has 2 rings (SSSR count). The maximum Gasteiger partial charge on any atom is 0.0702 e. The number of rotatable bonds is 6. The molecule has 2 atom stereocenters. The molecule has 2 fully saturated rings. The van der Waals surface area contributed by atoms with Crippen molar-refractivity contribution in [3.05, 3.63) is 0 Å². The second-order valence-electron chi connectivity index (χ2n) is 8.07. The molecule has 1 saturated heterocycles. The molecule has 0 aromatic carbocycles. The lowest BCUT2D eigenvalue weighted by Gasteiger charge is -2.44. The largest absolute Gasteiger partial charge is 0.377 e. The molecule has 1 N–H and O–H groups in total. The summed E-state index contributed by atoms with van der Waals surface area (Å²) in [6.07, 6.45) is 7.13. The fraction of sp³-hybridized carbons (Fsp3) is 1.00. The van der Waals surface area contributed by atoms with E-state index in [9.17, 15) is 0 Å². The molecule has 3 heteroatoms. The molecule has 1 aliphatic carbocycles. The smallest absolute Gasteiger partial charge is 0.0702 e. The predicted molar refractivity (Wildman–Crippen MR) is 89.7 cm³/mol. The van der Waals surface area contributed by atoms with Crippen molar-refractivity contribution in [3.63, 3.8) is 0 Å². The third-order valence-corrected chi connectivity index (χ3v) is 5.71. The number of nitrogens with zero attached hydrogens (tertiary/aromatic N) is 1. The first-order valence-corrected chi connectivity index (χ1v) is 8.97. The molecule has 0 radical (unpaired) electrons. The van der Waals surface area contributed by atoms with E-state index in [1.165, 1.54) is 45.2 Å². The van der Waals surface area contributed by atoms with Gasteiger partial charge in [0.25, 0.3) is 0 Å². The maximum absolute atomic E-state index is 5.77. The van der Waals surface area contributed by atoms with Crippen molar-refractivity contribution in [1.29, 1.82) is 0 Å². The molecule has 2 unspecified atom stereocenters. The number of ether oxygens (including phenoxy) is 1. The van der Waals surface area contributed by atoms with E-state index in [2.05, 4.69) is 45.0 Å². The lowest BCUT2D eigenvalue weighted by Crippen LogP contribution is -2.50. The van der Waals surface area contributed by atoms with Gasteiger partial charge in [-0.05, 0) is 44.6 Å². The molecule has 0 spiro atoms. The fourth-order valence-corrected chi connectivity index (χ4v) is 4.13. The van der Waals surface area contributed by atoms with E-state index >= 15 is 0 Å². The van der Waals surface area contributed by atoms with Crippen LogP contribution in [0.2, 0.25) is 0 Å². The predicted octanol–water partition coefficient (Wildman–Crippen LogP) is 3.29. The molecule has 2 aliphatic rings. The van der Waals surface area contributed by atoms with Crippen LogP contribution in [0.4, 0.5) is 0 Å². The summed E-state index contributed by atoms with van der Waals surface area (Å²) in [5, 5.41) is 3.72. The van der Waals surface area contributed by atoms with Gasteiger partial charge in [0, 0.05) is 31.8 Å². The maximum atomic E-state index is 5.77. The van der Waals surface area contributed by atoms with Crippen LogP contribution in [0.5, 0.6) is 0 Å². The van der Waals surface area contributed by atoms with Crippen LogP contribution in [0.25, 0.3) is 0 Å². The van der Waals surface area contributed by atoms with Gasteiger partial charge < -0.3 is 15.0 Å². The number of hydrogen-bond donors (Lipinski definition) is 1. The lowest BCUT2D eigenvalue weighted by molar-refractivity contribution is 0.0436. The minimum Gasteiger partial charge on any atom is -0.377 e. The summed E-state index contributed by atoms with van der Waals surface area (Å²) in [6.45, 7) is 12.5. The first-order chi connectivity index (χ1) is 9.92. The Bertz CT molecular complexity index is 310. The molecule has 0 aromatic rings. The summed E-state index contributed by atoms with van der Waals surface area (Å²) in [5.41, 5.74) is 0.466. The molecule has 0 amide bonds. The highest BCUT2D eigenvalue weighted by molar-refractivity contribution is 4.92. The lowest BCUT2D eigenvalue weighted by atomic mass is 9.70. The molecule has 1 saturated carbocycles. The highest BCUT2D eigenvalue weighted by atomic mass is 16.5. The average molecular weight is 296 g/mol. The van der Waals surface area contributed by atoms with Gasteiger partial charge in [0.15, 0.2) is 0 Å². The van der Waals surface area contributed by atoms with Crippen LogP contribution in [0.15, 0.2) is 0 Å². The summed E-state index contributed by atoms with van der Waals surface area (Å²) in [5.74, 6) is 0.913. The van der Waals surface area contributed by atoms with E-state index in [0.717, 1.165) is 12.5 Å². The molecular weight excluding hydrogens is 260 g/mol. The molecule has 0 bridgehead atoms. The van der Waals surface area contributed by atoms with Crippen molar-refractivity contribution < 1.29 is 4.74 Å². The topological polar surface area (TPSA) is 24.5 Å². The summed E-state index contributed by atoms with van der Waals surface area (Å²) < 4.78 is 5.77. The first-order valence-electron chi connectivity index (χ1n) is 8.97. The van der Waals surface area contributed by atoms with Gasteiger partial charge in [0.05, 0.1) is 6.10 Å². The van der Waals surface area contributed by atoms with Crippen LogP contribution < -0.4 is 5.32 Å². The Hall–Kier alpha value is -0.120. The minimum atomic E-state index is 0.396. The Morgan fingerprint density at radius 2 is 1.86 bits per heavy atom. The highest BCUT2D eigenvalue weighted by Crippen LogP contribution is 2.40. The second-order valence-corrected chi connectivity index (χ2v) is 8.07. The van der Waals surface area contributed by atoms with Crippen LogP contribution in [0.1, 0.15) is 59.8 Å². The van der Waals surface area contributed by atoms with Crippen molar-refractivity contribution in [2.24, 2.45) is 11.3 Å². The Balaban J connectivity index is 1.97. The molecule has 3 nitrogen and oxygen atoms in total. The second kappa shape index (κ2) is 7.43. The fourth-order valence-electron chi connectivity index (χ4n) is 4.13. The number of hydrogen-bond acceptors (Lipinski definition) is 3. The van der Waals surface area contributed by atoms with Crippen molar-refractivity contribution in [2.75, 3.05) is 26.7 Å². The van der Waals surface area contributed by atoms with Gasteiger partial charge in [-0.25, -0.2) is 0 Å². The summed E-state index contributed by atoms with van der Waals surface area (Å²) in [4.78, 5) is 2.59. The van der Waals surface area contributed by atoms with E-state index in [1.807, 2.05) is 0 Å². The van der Waals surface area contributed by atoms with Crippen LogP contribution in [-0.2, 0) is 4.74 Å². The van der Waals surface area contributed by atoms with Gasteiger partial charge in [0.1, 0.15) is 0 Å². The van der Waals surface area contributed by atoms with Gasteiger partial charge in [-0.3, -0.25) is 0 Å². The van der Waals surface area contributed by atoms with Gasteiger partial charge in [-0.15, -0.1) is 0 Å². The highest BCUT2D eigenvalue weighted by Gasteiger charge is 2.38. The minimum absolute atomic E-state index is 0.396. The third kappa shape index (κ3) is 4.67. The van der Waals surface area contributed by atoms with Crippen molar-refractivity contribution in [3.8, 4) is 0 Å². The van der Waals surface area contributed by atoms with E-state index in [4.69, 9.17) is 4.74 Å². The van der Waals surface area contributed by atoms with E-state index in [-0.39, 0.29) is 0 Å². The Morgan fingerprint density at radius 1 is 1.19 bits per heavy atom. The van der Waals surface area contributed by atoms with Gasteiger partial charge in [-0.2, -0.15) is 0 Å². The zero-order valence-electron chi connectivity index (χ0n) is 14.8. The van der Waals surface area contributed by atoms with Gasteiger partial charge in [-0.1, -0.05) is 33.6 Å². The zero-order valence-corrected chi connectivity index (χ0v) is 14.8. The molecule has 1 aliphatic heterocycles. The van der Waals surface area contributed by atoms with Crippen LogP contribution in [-0.4, -0.2) is 49.8 Å². The van der Waals surface area contributed by atoms with Crippen LogP contribution >= 0.6 is 0 Å². The summed E-state index contributed by atoms with van der Waals surface area (Å²) in [6, 6.07) is 1.19. The Labute approximate surface area is 131 Å². The van der Waals surface area contributed by atoms with Crippen LogP contribution in [0, 0.1) is 11.3 Å². The molecule has 124 valence electrons. The first kappa shape index (κ1) is 17.2. The van der Waals surface area contributed by atoms with Crippen molar-refractivity contribution >= 4 is 0 Å². The number of nitrogens with one attached hydrogen (secondary N) is 1. The normalized spacial score (nSPS) is 37.6. The SMILES string of the molecule is CC1CCC(CNC(C)C)(CN(C)C2CCOC2C)CC1. The average Bonchev–Trinajstić information content (AvgIpc) is 2.86. The van der Waals surface area contributed by atoms with Crippen LogP contribution in [0.3, 0.4) is 0 Å². The van der Waals surface area contributed by atoms with Crippen molar-refractivity contribution in [2.45, 2.75) is 78.0 Å². The summed E-state index contributed by atoms with van der Waals surface area (Å²) in [7, 11) is 2.31. The van der Waals surface area contributed by atoms with E-state index in [1.54, 1.807) is 0 Å². The Morgan fingerprint density at radius 3 is 2.38 bits per heavy atom. The van der Waals surface area contributed by atoms with Crippen molar-refractivity contribution in [1.82, 2.24) is 10.2 Å². The Kier molecular flexibility index (Phi) is 6.10. The van der Waals surface area contributed by atoms with E-state index < -0.39 is 0 Å². The third-order valence-electron chi connectivity index (χ3n) is 5.71. The van der Waals surface area contributed by atoms with Gasteiger partial charge in [0.2, 0.25) is 0 Å². The van der Waals surface area contributed by atoms with Gasteiger partial charge >= 0.3 is 0 Å². The monoisotopic (exact) mass is 296 g/mol. The quantitative estimate of drug-likeness (QED) is 0.814.